The summed E-state index contributed by atoms with van der Waals surface area (Å²) in [6.07, 6.45) is -0.240. The van der Waals surface area contributed by atoms with Gasteiger partial charge in [-0.25, -0.2) is 0 Å². The molecule has 2 atom stereocenters. The van der Waals surface area contributed by atoms with E-state index in [2.05, 4.69) is 12.6 Å². The molecule has 3 nitrogen and oxygen atoms in total. The Kier molecular flexibility index (Phi) is 2.04. The molecule has 0 bridgehead atoms. The Morgan fingerprint density at radius 3 is 2.84 bits per heavy atom. The molecular formula is C15H11NO2S. The lowest BCUT2D eigenvalue weighted by Gasteiger charge is -2.09. The summed E-state index contributed by atoms with van der Waals surface area (Å²) in [7, 11) is 0. The molecule has 0 saturated carbocycles. The zero-order valence-corrected chi connectivity index (χ0v) is 10.9. The Bertz CT molecular complexity index is 726. The number of ketones is 1. The van der Waals surface area contributed by atoms with Crippen molar-refractivity contribution < 1.29 is 9.53 Å². The van der Waals surface area contributed by atoms with Gasteiger partial charge >= 0.3 is 0 Å². The third-order valence-electron chi connectivity index (χ3n) is 3.85. The van der Waals surface area contributed by atoms with Gasteiger partial charge in [-0.2, -0.15) is 0 Å². The van der Waals surface area contributed by atoms with E-state index in [1.54, 1.807) is 6.07 Å². The van der Waals surface area contributed by atoms with Crippen molar-refractivity contribution in [1.82, 2.24) is 0 Å². The number of carbonyl (C=O) groups excluding carboxylic acids is 1. The van der Waals surface area contributed by atoms with Crippen LogP contribution in [0.25, 0.3) is 0 Å². The number of carbonyl (C=O) groups is 1. The Balaban J connectivity index is 1.92. The van der Waals surface area contributed by atoms with Gasteiger partial charge in [0.05, 0.1) is 5.92 Å². The molecule has 0 saturated heterocycles. The van der Waals surface area contributed by atoms with E-state index in [0.29, 0.717) is 11.3 Å². The molecule has 0 aromatic heterocycles. The summed E-state index contributed by atoms with van der Waals surface area (Å²) in [4.78, 5) is 13.4. The van der Waals surface area contributed by atoms with Gasteiger partial charge < -0.3 is 10.5 Å². The van der Waals surface area contributed by atoms with E-state index in [1.165, 1.54) is 0 Å². The first-order valence-electron chi connectivity index (χ1n) is 6.09. The fraction of sp³-hybridized carbons (Fsp3) is 0.133. The van der Waals surface area contributed by atoms with Crippen molar-refractivity contribution in [2.75, 3.05) is 5.73 Å². The molecule has 0 spiro atoms. The first kappa shape index (κ1) is 10.9. The van der Waals surface area contributed by atoms with Gasteiger partial charge in [-0.15, -0.1) is 12.6 Å². The smallest absolute Gasteiger partial charge is 0.177 e. The van der Waals surface area contributed by atoms with Crippen LogP contribution in [0.2, 0.25) is 0 Å². The van der Waals surface area contributed by atoms with E-state index in [1.807, 2.05) is 30.3 Å². The van der Waals surface area contributed by atoms with Crippen molar-refractivity contribution in [3.05, 3.63) is 53.1 Å². The number of ether oxygens (including phenoxy) is 1. The van der Waals surface area contributed by atoms with Crippen LogP contribution in [-0.2, 0) is 0 Å². The molecule has 1 aliphatic carbocycles. The highest BCUT2D eigenvalue weighted by atomic mass is 32.1. The van der Waals surface area contributed by atoms with Crippen molar-refractivity contribution in [3.8, 4) is 5.75 Å². The maximum absolute atomic E-state index is 12.6. The molecule has 2 unspecified atom stereocenters. The van der Waals surface area contributed by atoms with Gasteiger partial charge in [0.25, 0.3) is 0 Å². The summed E-state index contributed by atoms with van der Waals surface area (Å²) in [5.74, 6) is 0.552. The average Bonchev–Trinajstić information content (AvgIpc) is 2.87. The summed E-state index contributed by atoms with van der Waals surface area (Å²) < 4.78 is 5.94. The largest absolute Gasteiger partial charge is 0.484 e. The van der Waals surface area contributed by atoms with Crippen LogP contribution in [0, 0.1) is 0 Å². The first-order valence-corrected chi connectivity index (χ1v) is 6.53. The number of nitrogen functional groups attached to an aromatic ring is 1. The van der Waals surface area contributed by atoms with Crippen LogP contribution >= 0.6 is 12.6 Å². The highest BCUT2D eigenvalue weighted by molar-refractivity contribution is 7.80. The number of hydrogen-bond acceptors (Lipinski definition) is 4. The summed E-state index contributed by atoms with van der Waals surface area (Å²) in [6.45, 7) is 0. The predicted molar refractivity (Wildman–Crippen MR) is 75.0 cm³/mol. The summed E-state index contributed by atoms with van der Waals surface area (Å²) >= 11 is 4.30. The van der Waals surface area contributed by atoms with Crippen LogP contribution in [0.3, 0.4) is 0 Å². The van der Waals surface area contributed by atoms with Crippen LogP contribution in [0.1, 0.15) is 33.5 Å². The lowest BCUT2D eigenvalue weighted by molar-refractivity contribution is 0.0935. The maximum atomic E-state index is 12.6. The monoisotopic (exact) mass is 269 g/mol. The fourth-order valence-electron chi connectivity index (χ4n) is 3.04. The molecular weight excluding hydrogens is 258 g/mol. The second-order valence-electron chi connectivity index (χ2n) is 4.91. The SMILES string of the molecule is Nc1cccc2c1C(=O)C1c3ccc(S)cc3OC21. The topological polar surface area (TPSA) is 52.3 Å². The summed E-state index contributed by atoms with van der Waals surface area (Å²) in [5, 5.41) is 0. The first-order chi connectivity index (χ1) is 9.16. The van der Waals surface area contributed by atoms with E-state index >= 15 is 0 Å². The highest BCUT2D eigenvalue weighted by Gasteiger charge is 2.48. The molecule has 1 heterocycles. The molecule has 1 aliphatic heterocycles. The van der Waals surface area contributed by atoms with Gasteiger partial charge in [0.2, 0.25) is 0 Å². The van der Waals surface area contributed by atoms with Crippen molar-refractivity contribution in [1.29, 1.82) is 0 Å². The maximum Gasteiger partial charge on any atom is 0.177 e. The van der Waals surface area contributed by atoms with Crippen molar-refractivity contribution in [3.63, 3.8) is 0 Å². The number of fused-ring (bicyclic) bond motifs is 5. The van der Waals surface area contributed by atoms with Gasteiger partial charge in [0.15, 0.2) is 5.78 Å². The fourth-order valence-corrected chi connectivity index (χ4v) is 3.23. The van der Waals surface area contributed by atoms with Crippen LogP contribution in [0.5, 0.6) is 5.75 Å². The molecule has 2 aromatic rings. The molecule has 94 valence electrons. The Labute approximate surface area is 115 Å². The van der Waals surface area contributed by atoms with Crippen molar-refractivity contribution in [2.45, 2.75) is 16.9 Å². The van der Waals surface area contributed by atoms with E-state index in [9.17, 15) is 4.79 Å². The third-order valence-corrected chi connectivity index (χ3v) is 4.13. The standard InChI is InChI=1S/C15H11NO2S/c16-10-3-1-2-9-12(10)14(17)13-8-5-4-7(19)6-11(8)18-15(9)13/h1-6,13,15,19H,16H2. The van der Waals surface area contributed by atoms with Crippen LogP contribution in [0.15, 0.2) is 41.3 Å². The number of nitrogens with two attached hydrogens (primary N) is 1. The Hall–Kier alpha value is -1.94. The Morgan fingerprint density at radius 2 is 2.00 bits per heavy atom. The molecule has 2 aliphatic rings. The second-order valence-corrected chi connectivity index (χ2v) is 5.43. The molecule has 0 amide bonds. The van der Waals surface area contributed by atoms with E-state index in [0.717, 1.165) is 21.8 Å². The summed E-state index contributed by atoms with van der Waals surface area (Å²) in [6, 6.07) is 11.2. The van der Waals surface area contributed by atoms with E-state index in [4.69, 9.17) is 10.5 Å². The number of rotatable bonds is 0. The van der Waals surface area contributed by atoms with Crippen LogP contribution < -0.4 is 10.5 Å². The number of thiol groups is 1. The lowest BCUT2D eigenvalue weighted by atomic mass is 9.95. The number of benzene rings is 2. The van der Waals surface area contributed by atoms with Gasteiger partial charge in [-0.1, -0.05) is 18.2 Å². The third kappa shape index (κ3) is 1.32. The summed E-state index contributed by atoms with van der Waals surface area (Å²) in [5.41, 5.74) is 8.91. The van der Waals surface area contributed by atoms with Gasteiger partial charge in [0, 0.05) is 27.3 Å². The zero-order chi connectivity index (χ0) is 13.1. The minimum absolute atomic E-state index is 0.0590. The molecule has 0 fully saturated rings. The average molecular weight is 269 g/mol. The van der Waals surface area contributed by atoms with Crippen LogP contribution in [-0.4, -0.2) is 5.78 Å². The lowest BCUT2D eigenvalue weighted by Crippen LogP contribution is -2.08. The molecule has 4 rings (SSSR count). The normalized spacial score (nSPS) is 22.7. The number of Topliss-reactive ketones (excluding diaryl/α,β-unsaturated/α-hetero) is 1. The van der Waals surface area contributed by atoms with E-state index in [-0.39, 0.29) is 17.8 Å². The predicted octanol–water partition coefficient (Wildman–Crippen LogP) is 2.97. The number of hydrogen-bond donors (Lipinski definition) is 2. The van der Waals surface area contributed by atoms with Gasteiger partial charge in [0.1, 0.15) is 11.9 Å². The quantitative estimate of drug-likeness (QED) is 0.571. The van der Waals surface area contributed by atoms with Crippen molar-refractivity contribution >= 4 is 24.1 Å². The highest BCUT2D eigenvalue weighted by Crippen LogP contribution is 2.54. The molecule has 2 N–H and O–H groups in total. The minimum Gasteiger partial charge on any atom is -0.484 e. The number of anilines is 1. The van der Waals surface area contributed by atoms with Gasteiger partial charge in [-0.3, -0.25) is 4.79 Å². The molecule has 0 radical (unpaired) electrons. The molecule has 4 heteroatoms. The zero-order valence-electron chi connectivity index (χ0n) is 9.96. The Morgan fingerprint density at radius 1 is 1.16 bits per heavy atom. The minimum atomic E-state index is -0.261. The molecule has 19 heavy (non-hydrogen) atoms. The van der Waals surface area contributed by atoms with E-state index < -0.39 is 0 Å². The molecule has 2 aromatic carbocycles. The van der Waals surface area contributed by atoms with Crippen molar-refractivity contribution in [2.24, 2.45) is 0 Å². The van der Waals surface area contributed by atoms with Crippen LogP contribution in [0.4, 0.5) is 5.69 Å². The second kappa shape index (κ2) is 3.54. The van der Waals surface area contributed by atoms with Gasteiger partial charge in [-0.05, 0) is 18.2 Å².